The number of ether oxygens (including phenoxy) is 1. The van der Waals surface area contributed by atoms with Crippen molar-refractivity contribution in [2.75, 3.05) is 26.2 Å². The Hall–Kier alpha value is -2.58. The molecule has 1 N–H and O–H groups in total. The Morgan fingerprint density at radius 3 is 2.36 bits per heavy atom. The molecule has 6 nitrogen and oxygen atoms in total. The Balaban J connectivity index is 2.56. The first-order chi connectivity index (χ1) is 11.7. The fourth-order valence-electron chi connectivity index (χ4n) is 1.94. The van der Waals surface area contributed by atoms with Gasteiger partial charge in [-0.15, -0.1) is 0 Å². The first-order valence-electron chi connectivity index (χ1n) is 7.56. The Morgan fingerprint density at radius 2 is 1.80 bits per heavy atom. The van der Waals surface area contributed by atoms with Gasteiger partial charge in [-0.3, -0.25) is 14.4 Å². The van der Waals surface area contributed by atoms with Crippen molar-refractivity contribution in [1.82, 2.24) is 10.2 Å². The van der Waals surface area contributed by atoms with Gasteiger partial charge in [0.2, 0.25) is 5.91 Å². The smallest absolute Gasteiger partial charge is 0.406 e. The van der Waals surface area contributed by atoms with E-state index < -0.39 is 37.0 Å². The number of amides is 2. The highest BCUT2D eigenvalue weighted by Gasteiger charge is 2.34. The zero-order valence-corrected chi connectivity index (χ0v) is 13.6. The molecule has 1 aromatic rings. The van der Waals surface area contributed by atoms with Gasteiger partial charge < -0.3 is 15.0 Å². The van der Waals surface area contributed by atoms with Crippen LogP contribution in [-0.2, 0) is 14.3 Å². The van der Waals surface area contributed by atoms with Crippen molar-refractivity contribution in [3.63, 3.8) is 0 Å². The van der Waals surface area contributed by atoms with E-state index in [2.05, 4.69) is 10.1 Å². The van der Waals surface area contributed by atoms with E-state index in [0.29, 0.717) is 10.5 Å². The van der Waals surface area contributed by atoms with Crippen molar-refractivity contribution in [3.05, 3.63) is 35.9 Å². The average molecular weight is 360 g/mol. The molecule has 0 aliphatic rings. The van der Waals surface area contributed by atoms with Crippen LogP contribution in [0.3, 0.4) is 0 Å². The summed E-state index contributed by atoms with van der Waals surface area (Å²) in [4.78, 5) is 35.5. The van der Waals surface area contributed by atoms with Crippen molar-refractivity contribution in [3.8, 4) is 0 Å². The fraction of sp³-hybridized carbons (Fsp3) is 0.438. The first kappa shape index (κ1) is 20.5. The van der Waals surface area contributed by atoms with E-state index in [1.54, 1.807) is 30.3 Å². The monoisotopic (exact) mass is 360 g/mol. The molecule has 2 amide bonds. The van der Waals surface area contributed by atoms with Crippen LogP contribution < -0.4 is 5.32 Å². The summed E-state index contributed by atoms with van der Waals surface area (Å²) in [5.41, 5.74) is 0.369. The number of benzene rings is 1. The lowest BCUT2D eigenvalue weighted by Crippen LogP contribution is -2.43. The molecule has 0 aromatic heterocycles. The second kappa shape index (κ2) is 9.65. The van der Waals surface area contributed by atoms with Crippen LogP contribution in [0.5, 0.6) is 0 Å². The zero-order valence-electron chi connectivity index (χ0n) is 13.6. The van der Waals surface area contributed by atoms with Gasteiger partial charge in [-0.25, -0.2) is 0 Å². The van der Waals surface area contributed by atoms with E-state index in [4.69, 9.17) is 0 Å². The van der Waals surface area contributed by atoms with Gasteiger partial charge >= 0.3 is 12.1 Å². The van der Waals surface area contributed by atoms with Gasteiger partial charge in [0.05, 0.1) is 6.61 Å². The maximum atomic E-state index is 12.6. The lowest BCUT2D eigenvalue weighted by atomic mass is 10.2. The minimum Gasteiger partial charge on any atom is -0.465 e. The summed E-state index contributed by atoms with van der Waals surface area (Å²) in [5.74, 6) is -2.27. The number of carbonyl (C=O) groups is 3. The highest BCUT2D eigenvalue weighted by Crippen LogP contribution is 2.17. The molecule has 0 heterocycles. The normalized spacial score (nSPS) is 10.9. The van der Waals surface area contributed by atoms with E-state index in [9.17, 15) is 27.6 Å². The highest BCUT2D eigenvalue weighted by molar-refractivity contribution is 5.94. The van der Waals surface area contributed by atoms with Crippen LogP contribution in [0.15, 0.2) is 30.3 Å². The molecule has 0 bridgehead atoms. The summed E-state index contributed by atoms with van der Waals surface area (Å²) in [7, 11) is 0. The minimum atomic E-state index is -4.64. The Labute approximate surface area is 142 Å². The van der Waals surface area contributed by atoms with Crippen molar-refractivity contribution in [2.45, 2.75) is 19.5 Å². The van der Waals surface area contributed by atoms with Crippen molar-refractivity contribution < 1.29 is 32.3 Å². The molecular formula is C16H19F3N2O4. The van der Waals surface area contributed by atoms with E-state index in [-0.39, 0.29) is 19.6 Å². The van der Waals surface area contributed by atoms with Crippen LogP contribution >= 0.6 is 0 Å². The minimum absolute atomic E-state index is 0.0000146. The lowest BCUT2D eigenvalue weighted by molar-refractivity contribution is -0.167. The molecule has 25 heavy (non-hydrogen) atoms. The largest absolute Gasteiger partial charge is 0.465 e. The molecule has 138 valence electrons. The van der Waals surface area contributed by atoms with Gasteiger partial charge in [0, 0.05) is 18.5 Å². The molecule has 0 spiro atoms. The topological polar surface area (TPSA) is 75.7 Å². The predicted molar refractivity (Wildman–Crippen MR) is 82.7 cm³/mol. The maximum absolute atomic E-state index is 12.6. The molecular weight excluding hydrogens is 341 g/mol. The number of nitrogens with one attached hydrogen (secondary N) is 1. The van der Waals surface area contributed by atoms with Crippen LogP contribution in [0.2, 0.25) is 0 Å². The maximum Gasteiger partial charge on any atom is 0.406 e. The summed E-state index contributed by atoms with van der Waals surface area (Å²) in [6.45, 7) is -0.993. The molecule has 0 saturated heterocycles. The van der Waals surface area contributed by atoms with Gasteiger partial charge in [0.1, 0.15) is 13.1 Å². The van der Waals surface area contributed by atoms with E-state index in [1.165, 1.54) is 6.92 Å². The van der Waals surface area contributed by atoms with Crippen LogP contribution in [-0.4, -0.2) is 55.1 Å². The third-order valence-corrected chi connectivity index (χ3v) is 3.01. The number of nitrogens with zero attached hydrogens (tertiary/aromatic N) is 1. The predicted octanol–water partition coefficient (Wildman–Crippen LogP) is 1.76. The standard InChI is InChI=1S/C16H19F3N2O4/c1-2-25-14(23)10-21(11-16(17,18)19)13(22)8-9-20-15(24)12-6-4-3-5-7-12/h3-7H,2,8-11H2,1H3,(H,20,24). The summed E-state index contributed by atoms with van der Waals surface area (Å²) < 4.78 is 42.2. The Morgan fingerprint density at radius 1 is 1.16 bits per heavy atom. The van der Waals surface area contributed by atoms with Gasteiger partial charge in [-0.1, -0.05) is 18.2 Å². The third-order valence-electron chi connectivity index (χ3n) is 3.01. The van der Waals surface area contributed by atoms with Crippen LogP contribution in [0.25, 0.3) is 0 Å². The summed E-state index contributed by atoms with van der Waals surface area (Å²) in [6.07, 6.45) is -5.01. The molecule has 0 unspecified atom stereocenters. The number of alkyl halides is 3. The van der Waals surface area contributed by atoms with Crippen LogP contribution in [0.1, 0.15) is 23.7 Å². The summed E-state index contributed by atoms with van der Waals surface area (Å²) in [6, 6.07) is 8.17. The van der Waals surface area contributed by atoms with E-state index >= 15 is 0 Å². The SMILES string of the molecule is CCOC(=O)CN(CC(F)(F)F)C(=O)CCNC(=O)c1ccccc1. The molecule has 0 radical (unpaired) electrons. The molecule has 0 fully saturated rings. The first-order valence-corrected chi connectivity index (χ1v) is 7.56. The molecule has 0 aliphatic carbocycles. The quantitative estimate of drug-likeness (QED) is 0.717. The summed E-state index contributed by atoms with van der Waals surface area (Å²) >= 11 is 0. The number of carbonyl (C=O) groups excluding carboxylic acids is 3. The third kappa shape index (κ3) is 8.18. The van der Waals surface area contributed by atoms with Crippen molar-refractivity contribution in [1.29, 1.82) is 0 Å². The van der Waals surface area contributed by atoms with Gasteiger partial charge in [-0.05, 0) is 19.1 Å². The molecule has 1 aromatic carbocycles. The van der Waals surface area contributed by atoms with Gasteiger partial charge in [0.25, 0.3) is 5.91 Å². The second-order valence-electron chi connectivity index (χ2n) is 5.04. The van der Waals surface area contributed by atoms with Crippen molar-refractivity contribution in [2.24, 2.45) is 0 Å². The summed E-state index contributed by atoms with van der Waals surface area (Å²) in [5, 5.41) is 2.44. The molecule has 0 saturated carbocycles. The highest BCUT2D eigenvalue weighted by atomic mass is 19.4. The van der Waals surface area contributed by atoms with Gasteiger partial charge in [-0.2, -0.15) is 13.2 Å². The van der Waals surface area contributed by atoms with Crippen molar-refractivity contribution >= 4 is 17.8 Å². The van der Waals surface area contributed by atoms with E-state index in [0.717, 1.165) is 0 Å². The number of hydrogen-bond acceptors (Lipinski definition) is 4. The molecule has 1 rings (SSSR count). The average Bonchev–Trinajstić information content (AvgIpc) is 2.53. The molecule has 9 heteroatoms. The van der Waals surface area contributed by atoms with Gasteiger partial charge in [0.15, 0.2) is 0 Å². The van der Waals surface area contributed by atoms with Crippen LogP contribution in [0, 0.1) is 0 Å². The van der Waals surface area contributed by atoms with Crippen LogP contribution in [0.4, 0.5) is 13.2 Å². The fourth-order valence-corrected chi connectivity index (χ4v) is 1.94. The number of esters is 1. The zero-order chi connectivity index (χ0) is 18.9. The Bertz CT molecular complexity index is 591. The number of hydrogen-bond donors (Lipinski definition) is 1. The number of rotatable bonds is 8. The number of halogens is 3. The van der Waals surface area contributed by atoms with E-state index in [1.807, 2.05) is 0 Å². The Kier molecular flexibility index (Phi) is 7.90. The second-order valence-corrected chi connectivity index (χ2v) is 5.04. The lowest BCUT2D eigenvalue weighted by Gasteiger charge is -2.23. The molecule has 0 atom stereocenters. The molecule has 0 aliphatic heterocycles.